The Bertz CT molecular complexity index is 432. The van der Waals surface area contributed by atoms with Gasteiger partial charge in [0.2, 0.25) is 0 Å². The molecule has 0 heterocycles. The van der Waals surface area contributed by atoms with Crippen LogP contribution in [0.3, 0.4) is 0 Å². The smallest absolute Gasteiger partial charge is 0.156 e. The average Bonchev–Trinajstić information content (AvgIpc) is 3.26. The predicted octanol–water partition coefficient (Wildman–Crippen LogP) is 3.90. The van der Waals surface area contributed by atoms with E-state index in [-0.39, 0.29) is 6.61 Å². The Kier molecular flexibility index (Phi) is 6.62. The molecule has 0 aromatic heterocycles. The van der Waals surface area contributed by atoms with Gasteiger partial charge in [-0.2, -0.15) is 0 Å². The quantitative estimate of drug-likeness (QED) is 0.721. The second kappa shape index (κ2) is 8.23. The third-order valence-electron chi connectivity index (χ3n) is 3.79. The van der Waals surface area contributed by atoms with Gasteiger partial charge in [0.05, 0.1) is 10.0 Å². The lowest BCUT2D eigenvalue weighted by Gasteiger charge is -2.20. The molecular formula is C16H23Cl2NO2. The van der Waals surface area contributed by atoms with Crippen LogP contribution < -0.4 is 10.1 Å². The first-order valence-corrected chi connectivity index (χ1v) is 8.34. The summed E-state index contributed by atoms with van der Waals surface area (Å²) in [7, 11) is 0. The molecule has 5 heteroatoms. The zero-order valence-electron chi connectivity index (χ0n) is 12.3. The Labute approximate surface area is 136 Å². The average molecular weight is 332 g/mol. The Hall–Kier alpha value is -0.480. The molecule has 3 nitrogen and oxygen atoms in total. The number of hydrogen-bond acceptors (Lipinski definition) is 3. The van der Waals surface area contributed by atoms with Crippen LogP contribution in [0.5, 0.6) is 5.75 Å². The van der Waals surface area contributed by atoms with Crippen molar-refractivity contribution in [3.8, 4) is 5.75 Å². The number of rotatable bonds is 9. The molecular weight excluding hydrogens is 309 g/mol. The van der Waals surface area contributed by atoms with Crippen LogP contribution in [-0.2, 0) is 0 Å². The largest absolute Gasteiger partial charge is 0.488 e. The van der Waals surface area contributed by atoms with Gasteiger partial charge in [0.15, 0.2) is 5.75 Å². The monoisotopic (exact) mass is 331 g/mol. The first kappa shape index (κ1) is 16.9. The number of hydrogen-bond donors (Lipinski definition) is 2. The lowest BCUT2D eigenvalue weighted by Crippen LogP contribution is -2.38. The van der Waals surface area contributed by atoms with Crippen molar-refractivity contribution in [1.82, 2.24) is 5.32 Å². The normalized spacial score (nSPS) is 17.5. The van der Waals surface area contributed by atoms with Crippen molar-refractivity contribution in [3.05, 3.63) is 28.2 Å². The van der Waals surface area contributed by atoms with Crippen LogP contribution >= 0.6 is 23.2 Å². The second-order valence-electron chi connectivity index (χ2n) is 5.71. The number of nitrogens with one attached hydrogen (secondary N) is 1. The van der Waals surface area contributed by atoms with Crippen LogP contribution in [0.2, 0.25) is 10.0 Å². The van der Waals surface area contributed by atoms with Crippen LogP contribution in [0.1, 0.15) is 32.6 Å². The molecule has 2 rings (SSSR count). The predicted molar refractivity (Wildman–Crippen MR) is 87.4 cm³/mol. The van der Waals surface area contributed by atoms with E-state index in [1.54, 1.807) is 18.2 Å². The molecule has 0 spiro atoms. The van der Waals surface area contributed by atoms with E-state index in [0.29, 0.717) is 28.4 Å². The van der Waals surface area contributed by atoms with Crippen molar-refractivity contribution in [2.75, 3.05) is 13.2 Å². The first-order valence-electron chi connectivity index (χ1n) is 7.58. The van der Waals surface area contributed by atoms with Crippen molar-refractivity contribution < 1.29 is 9.84 Å². The highest BCUT2D eigenvalue weighted by Crippen LogP contribution is 2.34. The molecule has 2 atom stereocenters. The highest BCUT2D eigenvalue weighted by Gasteiger charge is 2.24. The van der Waals surface area contributed by atoms with Gasteiger partial charge in [-0.05, 0) is 30.9 Å². The summed E-state index contributed by atoms with van der Waals surface area (Å²) in [5, 5.41) is 14.3. The minimum Gasteiger partial charge on any atom is -0.488 e. The first-order chi connectivity index (χ1) is 10.1. The zero-order chi connectivity index (χ0) is 15.2. The fourth-order valence-corrected chi connectivity index (χ4v) is 2.82. The van der Waals surface area contributed by atoms with Gasteiger partial charge in [-0.25, -0.2) is 0 Å². The second-order valence-corrected chi connectivity index (χ2v) is 6.52. The lowest BCUT2D eigenvalue weighted by molar-refractivity contribution is 0.103. The fraction of sp³-hybridized carbons (Fsp3) is 0.625. The van der Waals surface area contributed by atoms with E-state index in [1.807, 2.05) is 0 Å². The van der Waals surface area contributed by atoms with Gasteiger partial charge in [-0.15, -0.1) is 0 Å². The molecule has 1 aromatic rings. The van der Waals surface area contributed by atoms with Gasteiger partial charge in [0.1, 0.15) is 12.7 Å². The van der Waals surface area contributed by atoms with Crippen molar-refractivity contribution in [3.63, 3.8) is 0 Å². The number of aliphatic hydroxyl groups excluding tert-OH is 1. The molecule has 1 fully saturated rings. The summed E-state index contributed by atoms with van der Waals surface area (Å²) in [6, 6.07) is 5.68. The van der Waals surface area contributed by atoms with E-state index in [0.717, 1.165) is 12.3 Å². The van der Waals surface area contributed by atoms with E-state index in [2.05, 4.69) is 12.2 Å². The molecule has 0 bridgehead atoms. The van der Waals surface area contributed by atoms with E-state index in [4.69, 9.17) is 27.9 Å². The van der Waals surface area contributed by atoms with E-state index >= 15 is 0 Å². The fourth-order valence-electron chi connectivity index (χ4n) is 2.31. The molecule has 1 aliphatic carbocycles. The minimum absolute atomic E-state index is 0.177. The SMILES string of the molecule is CCC(CC1CC1)NCC(O)COc1c(Cl)cccc1Cl. The van der Waals surface area contributed by atoms with Crippen molar-refractivity contribution >= 4 is 23.2 Å². The van der Waals surface area contributed by atoms with Gasteiger partial charge in [-0.3, -0.25) is 0 Å². The van der Waals surface area contributed by atoms with Crippen molar-refractivity contribution in [2.45, 2.75) is 44.8 Å². The van der Waals surface area contributed by atoms with E-state index < -0.39 is 6.10 Å². The molecule has 1 saturated carbocycles. The molecule has 0 radical (unpaired) electrons. The van der Waals surface area contributed by atoms with Crippen LogP contribution in [0.4, 0.5) is 0 Å². The van der Waals surface area contributed by atoms with Crippen LogP contribution in [0.25, 0.3) is 0 Å². The van der Waals surface area contributed by atoms with Gasteiger partial charge >= 0.3 is 0 Å². The molecule has 2 unspecified atom stereocenters. The summed E-state index contributed by atoms with van der Waals surface area (Å²) >= 11 is 12.0. The summed E-state index contributed by atoms with van der Waals surface area (Å²) in [5.41, 5.74) is 0. The summed E-state index contributed by atoms with van der Waals surface area (Å²) in [5.74, 6) is 1.32. The minimum atomic E-state index is -0.578. The molecule has 118 valence electrons. The molecule has 1 aromatic carbocycles. The Morgan fingerprint density at radius 2 is 2.00 bits per heavy atom. The Morgan fingerprint density at radius 3 is 2.57 bits per heavy atom. The Morgan fingerprint density at radius 1 is 1.33 bits per heavy atom. The maximum atomic E-state index is 10.0. The van der Waals surface area contributed by atoms with Gasteiger partial charge in [0.25, 0.3) is 0 Å². The maximum Gasteiger partial charge on any atom is 0.156 e. The van der Waals surface area contributed by atoms with Crippen LogP contribution in [0, 0.1) is 5.92 Å². The number of ether oxygens (including phenoxy) is 1. The van der Waals surface area contributed by atoms with Crippen LogP contribution in [-0.4, -0.2) is 30.4 Å². The lowest BCUT2D eigenvalue weighted by atomic mass is 10.1. The summed E-state index contributed by atoms with van der Waals surface area (Å²) in [4.78, 5) is 0. The van der Waals surface area contributed by atoms with E-state index in [9.17, 15) is 5.11 Å². The van der Waals surface area contributed by atoms with Crippen molar-refractivity contribution in [2.24, 2.45) is 5.92 Å². The number of aliphatic hydroxyl groups is 1. The number of benzene rings is 1. The van der Waals surface area contributed by atoms with E-state index in [1.165, 1.54) is 19.3 Å². The summed E-state index contributed by atoms with van der Waals surface area (Å²) in [6.45, 7) is 2.87. The maximum absolute atomic E-state index is 10.0. The Balaban J connectivity index is 1.72. The highest BCUT2D eigenvalue weighted by molar-refractivity contribution is 6.37. The van der Waals surface area contributed by atoms with Gasteiger partial charge in [0, 0.05) is 12.6 Å². The van der Waals surface area contributed by atoms with Gasteiger partial charge in [-0.1, -0.05) is 49.0 Å². The molecule has 0 saturated heterocycles. The molecule has 21 heavy (non-hydrogen) atoms. The van der Waals surface area contributed by atoms with Crippen LogP contribution in [0.15, 0.2) is 18.2 Å². The molecule has 0 aliphatic heterocycles. The van der Waals surface area contributed by atoms with Gasteiger partial charge < -0.3 is 15.2 Å². The number of halogens is 2. The van der Waals surface area contributed by atoms with Crippen molar-refractivity contribution in [1.29, 1.82) is 0 Å². The third-order valence-corrected chi connectivity index (χ3v) is 4.38. The summed E-state index contributed by atoms with van der Waals surface area (Å²) < 4.78 is 5.53. The highest BCUT2D eigenvalue weighted by atomic mass is 35.5. The molecule has 1 aliphatic rings. The standard InChI is InChI=1S/C16H23Cl2NO2/c1-2-12(8-11-6-7-11)19-9-13(20)10-21-16-14(17)4-3-5-15(16)18/h3-5,11-13,19-20H,2,6-10H2,1H3. The topological polar surface area (TPSA) is 41.5 Å². The number of para-hydroxylation sites is 1. The third kappa shape index (κ3) is 5.67. The summed E-state index contributed by atoms with van der Waals surface area (Å²) in [6.07, 6.45) is 4.43. The molecule has 0 amide bonds. The molecule has 2 N–H and O–H groups in total. The zero-order valence-corrected chi connectivity index (χ0v) is 13.8.